The predicted octanol–water partition coefficient (Wildman–Crippen LogP) is 0.971. The Morgan fingerprint density at radius 2 is 2.05 bits per heavy atom. The third-order valence-corrected chi connectivity index (χ3v) is 2.93. The normalized spacial score (nSPS) is 10.7. The van der Waals surface area contributed by atoms with Gasteiger partial charge in [0, 0.05) is 24.4 Å². The van der Waals surface area contributed by atoms with Crippen molar-refractivity contribution in [2.24, 2.45) is 12.8 Å². The molecular weight excluding hydrogens is 256 g/mol. The first-order valence-corrected chi connectivity index (χ1v) is 5.96. The number of nitrogens with one attached hydrogen (secondary N) is 1. The molecule has 1 amide bonds. The molecule has 0 fully saturated rings. The van der Waals surface area contributed by atoms with E-state index in [4.69, 9.17) is 5.73 Å². The van der Waals surface area contributed by atoms with Crippen molar-refractivity contribution in [2.45, 2.75) is 0 Å². The lowest BCUT2D eigenvalue weighted by molar-refractivity contribution is 0.0996. The lowest BCUT2D eigenvalue weighted by Crippen LogP contribution is -2.12. The second kappa shape index (κ2) is 4.61. The van der Waals surface area contributed by atoms with Crippen molar-refractivity contribution in [3.05, 3.63) is 42.2 Å². The monoisotopic (exact) mass is 268 g/mol. The maximum Gasteiger partial charge on any atom is 0.271 e. The van der Waals surface area contributed by atoms with Gasteiger partial charge in [-0.25, -0.2) is 0 Å². The van der Waals surface area contributed by atoms with E-state index in [1.54, 1.807) is 4.68 Å². The number of aromatic amines is 1. The Balaban J connectivity index is 2.07. The van der Waals surface area contributed by atoms with Gasteiger partial charge in [0.1, 0.15) is 5.69 Å². The Morgan fingerprint density at radius 3 is 2.75 bits per heavy atom. The van der Waals surface area contributed by atoms with E-state index in [1.807, 2.05) is 43.6 Å². The van der Waals surface area contributed by atoms with Gasteiger partial charge in [0.25, 0.3) is 5.91 Å². The van der Waals surface area contributed by atoms with Crippen molar-refractivity contribution in [1.29, 1.82) is 0 Å². The molecule has 3 aromatic rings. The van der Waals surface area contributed by atoms with Gasteiger partial charge in [-0.2, -0.15) is 20.5 Å². The number of hydrogen-bond donors (Lipinski definition) is 2. The molecule has 0 atom stereocenters. The number of nitrogens with two attached hydrogens (primary N) is 1. The number of benzene rings is 1. The van der Waals surface area contributed by atoms with E-state index in [1.165, 1.54) is 0 Å². The lowest BCUT2D eigenvalue weighted by Gasteiger charge is -2.01. The first-order valence-electron chi connectivity index (χ1n) is 5.96. The van der Waals surface area contributed by atoms with Crippen LogP contribution < -0.4 is 5.73 Å². The fourth-order valence-electron chi connectivity index (χ4n) is 2.00. The molecule has 3 rings (SSSR count). The van der Waals surface area contributed by atoms with Crippen LogP contribution in [0.4, 0.5) is 0 Å². The number of carbonyl (C=O) groups excluding carboxylic acids is 1. The fourth-order valence-corrected chi connectivity index (χ4v) is 2.00. The molecule has 100 valence electrons. The zero-order valence-corrected chi connectivity index (χ0v) is 10.7. The molecule has 1 aromatic carbocycles. The maximum atomic E-state index is 11.3. The van der Waals surface area contributed by atoms with Crippen LogP contribution in [0.5, 0.6) is 0 Å². The van der Waals surface area contributed by atoms with E-state index in [0.717, 1.165) is 16.8 Å². The highest BCUT2D eigenvalue weighted by molar-refractivity contribution is 5.96. The number of primary amides is 1. The van der Waals surface area contributed by atoms with Crippen molar-refractivity contribution in [2.75, 3.05) is 0 Å². The van der Waals surface area contributed by atoms with Crippen molar-refractivity contribution in [3.63, 3.8) is 0 Å². The highest BCUT2D eigenvalue weighted by Crippen LogP contribution is 2.25. The van der Waals surface area contributed by atoms with Gasteiger partial charge in [-0.1, -0.05) is 18.2 Å². The molecule has 2 heterocycles. The van der Waals surface area contributed by atoms with E-state index in [9.17, 15) is 4.79 Å². The molecule has 0 unspecified atom stereocenters. The Morgan fingerprint density at radius 1 is 1.25 bits per heavy atom. The largest absolute Gasteiger partial charge is 0.364 e. The average Bonchev–Trinajstić information content (AvgIpc) is 3.07. The van der Waals surface area contributed by atoms with Gasteiger partial charge < -0.3 is 5.73 Å². The average molecular weight is 268 g/mol. The minimum atomic E-state index is -0.614. The zero-order valence-electron chi connectivity index (χ0n) is 10.7. The van der Waals surface area contributed by atoms with E-state index in [0.29, 0.717) is 5.69 Å². The molecule has 0 aliphatic rings. The van der Waals surface area contributed by atoms with Crippen LogP contribution in [0.25, 0.3) is 22.5 Å². The van der Waals surface area contributed by atoms with Crippen LogP contribution in [0.2, 0.25) is 0 Å². The van der Waals surface area contributed by atoms with Crippen LogP contribution in [0.15, 0.2) is 36.5 Å². The highest BCUT2D eigenvalue weighted by Gasteiger charge is 2.15. The number of aromatic nitrogens is 5. The van der Waals surface area contributed by atoms with Crippen molar-refractivity contribution in [3.8, 4) is 22.5 Å². The van der Waals surface area contributed by atoms with E-state index in [-0.39, 0.29) is 5.69 Å². The molecule has 7 heteroatoms. The Kier molecular flexibility index (Phi) is 2.79. The number of aryl methyl sites for hydroxylation is 1. The van der Waals surface area contributed by atoms with Crippen LogP contribution in [0, 0.1) is 0 Å². The van der Waals surface area contributed by atoms with Gasteiger partial charge in [-0.15, -0.1) is 0 Å². The molecular formula is C13H12N6O. The SMILES string of the molecule is Cn1ccc(-c2cccc(-c3n[nH]nc3C(N)=O)c2)n1. The van der Waals surface area contributed by atoms with Crippen LogP contribution in [-0.4, -0.2) is 31.1 Å². The number of amides is 1. The number of carbonyl (C=O) groups is 1. The second-order valence-corrected chi connectivity index (χ2v) is 4.34. The predicted molar refractivity (Wildman–Crippen MR) is 72.5 cm³/mol. The highest BCUT2D eigenvalue weighted by atomic mass is 16.1. The standard InChI is InChI=1S/C13H12N6O/c1-19-6-5-10(17-19)8-3-2-4-9(7-8)11-12(13(14)20)16-18-15-11/h2-7H,1H3,(H2,14,20)(H,15,16,18). The molecule has 0 saturated heterocycles. The molecule has 0 radical (unpaired) electrons. The molecule has 20 heavy (non-hydrogen) atoms. The third kappa shape index (κ3) is 2.05. The van der Waals surface area contributed by atoms with Gasteiger partial charge in [0.2, 0.25) is 0 Å². The van der Waals surface area contributed by atoms with Crippen molar-refractivity contribution < 1.29 is 4.79 Å². The summed E-state index contributed by atoms with van der Waals surface area (Å²) in [5.74, 6) is -0.614. The smallest absolute Gasteiger partial charge is 0.271 e. The topological polar surface area (TPSA) is 102 Å². The Labute approximate surface area is 114 Å². The summed E-state index contributed by atoms with van der Waals surface area (Å²) in [5, 5.41) is 14.5. The summed E-state index contributed by atoms with van der Waals surface area (Å²) in [6, 6.07) is 9.47. The van der Waals surface area contributed by atoms with Crippen LogP contribution in [0.1, 0.15) is 10.5 Å². The maximum absolute atomic E-state index is 11.3. The number of H-pyrrole nitrogens is 1. The summed E-state index contributed by atoms with van der Waals surface area (Å²) in [7, 11) is 1.86. The Hall–Kier alpha value is -2.96. The van der Waals surface area contributed by atoms with Crippen LogP contribution >= 0.6 is 0 Å². The molecule has 0 spiro atoms. The van der Waals surface area contributed by atoms with E-state index < -0.39 is 5.91 Å². The number of nitrogens with zero attached hydrogens (tertiary/aromatic N) is 4. The molecule has 3 N–H and O–H groups in total. The summed E-state index contributed by atoms with van der Waals surface area (Å²) < 4.78 is 1.73. The first-order chi connectivity index (χ1) is 9.65. The summed E-state index contributed by atoms with van der Waals surface area (Å²) in [6.45, 7) is 0. The molecule has 0 saturated carbocycles. The van der Waals surface area contributed by atoms with Crippen molar-refractivity contribution >= 4 is 5.91 Å². The summed E-state index contributed by atoms with van der Waals surface area (Å²) in [5.41, 5.74) is 8.38. The van der Waals surface area contributed by atoms with Crippen LogP contribution in [-0.2, 0) is 7.05 Å². The third-order valence-electron chi connectivity index (χ3n) is 2.93. The van der Waals surface area contributed by atoms with Crippen molar-refractivity contribution in [1.82, 2.24) is 25.2 Å². The van der Waals surface area contributed by atoms with Gasteiger partial charge in [-0.05, 0) is 12.1 Å². The van der Waals surface area contributed by atoms with E-state index in [2.05, 4.69) is 20.5 Å². The van der Waals surface area contributed by atoms with Gasteiger partial charge >= 0.3 is 0 Å². The summed E-state index contributed by atoms with van der Waals surface area (Å²) >= 11 is 0. The minimum absolute atomic E-state index is 0.128. The van der Waals surface area contributed by atoms with Gasteiger partial charge in [-0.3, -0.25) is 9.48 Å². The first kappa shape index (κ1) is 12.1. The number of hydrogen-bond acceptors (Lipinski definition) is 4. The molecule has 2 aromatic heterocycles. The Bertz CT molecular complexity index is 773. The molecule has 0 aliphatic carbocycles. The zero-order chi connectivity index (χ0) is 14.1. The summed E-state index contributed by atoms with van der Waals surface area (Å²) in [6.07, 6.45) is 1.87. The van der Waals surface area contributed by atoms with Gasteiger partial charge in [0.15, 0.2) is 5.69 Å². The minimum Gasteiger partial charge on any atom is -0.364 e. The van der Waals surface area contributed by atoms with E-state index >= 15 is 0 Å². The fraction of sp³-hybridized carbons (Fsp3) is 0.0769. The molecule has 7 nitrogen and oxygen atoms in total. The number of rotatable bonds is 3. The second-order valence-electron chi connectivity index (χ2n) is 4.34. The quantitative estimate of drug-likeness (QED) is 0.738. The summed E-state index contributed by atoms with van der Waals surface area (Å²) in [4.78, 5) is 11.3. The van der Waals surface area contributed by atoms with Crippen LogP contribution in [0.3, 0.4) is 0 Å². The van der Waals surface area contributed by atoms with Gasteiger partial charge in [0.05, 0.1) is 5.69 Å². The molecule has 0 bridgehead atoms. The molecule has 0 aliphatic heterocycles. The lowest BCUT2D eigenvalue weighted by atomic mass is 10.0.